The molecule has 4 rings (SSSR count). The van der Waals surface area contributed by atoms with Crippen molar-refractivity contribution in [2.24, 2.45) is 5.92 Å². The zero-order valence-corrected chi connectivity index (χ0v) is 12.8. The van der Waals surface area contributed by atoms with E-state index in [2.05, 4.69) is 28.6 Å². The van der Waals surface area contributed by atoms with Gasteiger partial charge in [-0.25, -0.2) is 0 Å². The van der Waals surface area contributed by atoms with E-state index in [1.807, 2.05) is 0 Å². The van der Waals surface area contributed by atoms with Crippen LogP contribution >= 0.6 is 0 Å². The number of amides is 1. The van der Waals surface area contributed by atoms with Crippen LogP contribution in [0.25, 0.3) is 10.9 Å². The maximum atomic E-state index is 11.9. The number of nitrogens with one attached hydrogen (secondary N) is 2. The van der Waals surface area contributed by atoms with Crippen LogP contribution in [0.2, 0.25) is 0 Å². The Morgan fingerprint density at radius 2 is 2.23 bits per heavy atom. The van der Waals surface area contributed by atoms with Gasteiger partial charge in [0.05, 0.1) is 6.61 Å². The fraction of sp³-hybridized carbons (Fsp3) is 0.500. The van der Waals surface area contributed by atoms with Crippen molar-refractivity contribution in [3.63, 3.8) is 0 Å². The molecule has 4 nitrogen and oxygen atoms in total. The smallest absolute Gasteiger partial charge is 0.223 e. The highest BCUT2D eigenvalue weighted by molar-refractivity contribution is 5.89. The second-order valence-corrected chi connectivity index (χ2v) is 6.40. The SMILES string of the molecule is O=C(NCCc1c[nH]c2ccc3c(c12)CCCO3)C1CCC1. The van der Waals surface area contributed by atoms with Gasteiger partial charge in [0.15, 0.2) is 0 Å². The molecule has 1 aromatic heterocycles. The van der Waals surface area contributed by atoms with Crippen LogP contribution in [0.5, 0.6) is 5.75 Å². The standard InChI is InChI=1S/C18H22N2O2/c21-18(12-3-1-4-12)19-9-8-13-11-20-15-6-7-16-14(17(13)15)5-2-10-22-16/h6-7,11-12,20H,1-5,8-10H2,(H,19,21). The van der Waals surface area contributed by atoms with Gasteiger partial charge >= 0.3 is 0 Å². The van der Waals surface area contributed by atoms with Gasteiger partial charge in [0.25, 0.3) is 0 Å². The molecule has 1 aliphatic carbocycles. The Bertz CT molecular complexity index is 700. The molecule has 1 fully saturated rings. The van der Waals surface area contributed by atoms with E-state index in [0.717, 1.165) is 44.5 Å². The van der Waals surface area contributed by atoms with Gasteiger partial charge in [0.2, 0.25) is 5.91 Å². The number of benzene rings is 1. The Hall–Kier alpha value is -1.97. The molecule has 2 aromatic rings. The molecule has 1 amide bonds. The second-order valence-electron chi connectivity index (χ2n) is 6.40. The van der Waals surface area contributed by atoms with Crippen molar-refractivity contribution < 1.29 is 9.53 Å². The van der Waals surface area contributed by atoms with Gasteiger partial charge in [-0.2, -0.15) is 0 Å². The molecule has 2 N–H and O–H groups in total. The predicted molar refractivity (Wildman–Crippen MR) is 86.2 cm³/mol. The lowest BCUT2D eigenvalue weighted by molar-refractivity contribution is -0.127. The lowest BCUT2D eigenvalue weighted by atomic mass is 9.85. The first-order valence-electron chi connectivity index (χ1n) is 8.35. The number of H-pyrrole nitrogens is 1. The van der Waals surface area contributed by atoms with Crippen molar-refractivity contribution in [1.29, 1.82) is 0 Å². The molecule has 1 aliphatic heterocycles. The van der Waals surface area contributed by atoms with E-state index in [0.29, 0.717) is 6.54 Å². The van der Waals surface area contributed by atoms with Crippen molar-refractivity contribution in [3.05, 3.63) is 29.5 Å². The summed E-state index contributed by atoms with van der Waals surface area (Å²) in [5, 5.41) is 4.38. The monoisotopic (exact) mass is 298 g/mol. The van der Waals surface area contributed by atoms with Crippen molar-refractivity contribution in [3.8, 4) is 5.75 Å². The summed E-state index contributed by atoms with van der Waals surface area (Å²) < 4.78 is 5.77. The third kappa shape index (κ3) is 2.36. The average molecular weight is 298 g/mol. The predicted octanol–water partition coefficient (Wildman–Crippen LogP) is 2.95. The summed E-state index contributed by atoms with van der Waals surface area (Å²) in [6.07, 6.45) is 8.42. The molecule has 0 spiro atoms. The number of carbonyl (C=O) groups is 1. The third-order valence-electron chi connectivity index (χ3n) is 4.99. The van der Waals surface area contributed by atoms with E-state index < -0.39 is 0 Å². The minimum Gasteiger partial charge on any atom is -0.493 e. The van der Waals surface area contributed by atoms with E-state index in [4.69, 9.17) is 4.74 Å². The van der Waals surface area contributed by atoms with Crippen LogP contribution in [0.15, 0.2) is 18.3 Å². The summed E-state index contributed by atoms with van der Waals surface area (Å²) in [5.74, 6) is 1.53. The molecule has 0 unspecified atom stereocenters. The lowest BCUT2D eigenvalue weighted by Crippen LogP contribution is -2.35. The van der Waals surface area contributed by atoms with E-state index in [1.165, 1.54) is 28.5 Å². The van der Waals surface area contributed by atoms with Crippen LogP contribution < -0.4 is 10.1 Å². The second kappa shape index (κ2) is 5.67. The van der Waals surface area contributed by atoms with Gasteiger partial charge in [-0.05, 0) is 49.8 Å². The number of aromatic amines is 1. The van der Waals surface area contributed by atoms with Crippen LogP contribution in [0.3, 0.4) is 0 Å². The molecule has 116 valence electrons. The molecule has 0 bridgehead atoms. The molecule has 2 aliphatic rings. The molecular weight excluding hydrogens is 276 g/mol. The van der Waals surface area contributed by atoms with Crippen LogP contribution in [0, 0.1) is 5.92 Å². The number of aromatic nitrogens is 1. The van der Waals surface area contributed by atoms with E-state index >= 15 is 0 Å². The molecule has 0 atom stereocenters. The maximum Gasteiger partial charge on any atom is 0.223 e. The third-order valence-corrected chi connectivity index (χ3v) is 4.99. The number of carbonyl (C=O) groups excluding carboxylic acids is 1. The fourth-order valence-corrected chi connectivity index (χ4v) is 3.50. The van der Waals surface area contributed by atoms with Crippen LogP contribution in [0.4, 0.5) is 0 Å². The van der Waals surface area contributed by atoms with Crippen molar-refractivity contribution in [2.75, 3.05) is 13.2 Å². The number of fused-ring (bicyclic) bond motifs is 3. The first-order chi connectivity index (χ1) is 10.8. The Morgan fingerprint density at radius 3 is 3.05 bits per heavy atom. The fourth-order valence-electron chi connectivity index (χ4n) is 3.50. The average Bonchev–Trinajstić information content (AvgIpc) is 2.89. The van der Waals surface area contributed by atoms with Crippen LogP contribution in [0.1, 0.15) is 36.8 Å². The molecule has 22 heavy (non-hydrogen) atoms. The molecule has 4 heteroatoms. The van der Waals surface area contributed by atoms with Gasteiger partial charge < -0.3 is 15.0 Å². The first-order valence-corrected chi connectivity index (χ1v) is 8.35. The quantitative estimate of drug-likeness (QED) is 0.912. The minimum absolute atomic E-state index is 0.233. The highest BCUT2D eigenvalue weighted by Crippen LogP contribution is 2.34. The molecule has 0 saturated heterocycles. The normalized spacial score (nSPS) is 17.6. The van der Waals surface area contributed by atoms with Crippen LogP contribution in [-0.4, -0.2) is 24.0 Å². The number of aryl methyl sites for hydroxylation is 1. The molecule has 2 heterocycles. The van der Waals surface area contributed by atoms with Gasteiger partial charge in [-0.3, -0.25) is 4.79 Å². The van der Waals surface area contributed by atoms with Gasteiger partial charge in [-0.15, -0.1) is 0 Å². The van der Waals surface area contributed by atoms with E-state index in [9.17, 15) is 4.79 Å². The Balaban J connectivity index is 1.50. The summed E-state index contributed by atoms with van der Waals surface area (Å²) in [6.45, 7) is 1.53. The van der Waals surface area contributed by atoms with Crippen LogP contribution in [-0.2, 0) is 17.6 Å². The van der Waals surface area contributed by atoms with Gasteiger partial charge in [0, 0.05) is 35.1 Å². The Kier molecular flexibility index (Phi) is 3.53. The number of rotatable bonds is 4. The summed E-state index contributed by atoms with van der Waals surface area (Å²) in [7, 11) is 0. The largest absolute Gasteiger partial charge is 0.493 e. The Labute approximate surface area is 130 Å². The maximum absolute atomic E-state index is 11.9. The lowest BCUT2D eigenvalue weighted by Gasteiger charge is -2.24. The number of hydrogen-bond donors (Lipinski definition) is 2. The zero-order chi connectivity index (χ0) is 14.9. The molecule has 1 saturated carbocycles. The highest BCUT2D eigenvalue weighted by Gasteiger charge is 2.24. The zero-order valence-electron chi connectivity index (χ0n) is 12.8. The summed E-state index contributed by atoms with van der Waals surface area (Å²) >= 11 is 0. The molecule has 1 aromatic carbocycles. The summed E-state index contributed by atoms with van der Waals surface area (Å²) in [5.41, 5.74) is 3.78. The van der Waals surface area contributed by atoms with Gasteiger partial charge in [0.1, 0.15) is 5.75 Å². The van der Waals surface area contributed by atoms with Crippen molar-refractivity contribution in [1.82, 2.24) is 10.3 Å². The van der Waals surface area contributed by atoms with E-state index in [-0.39, 0.29) is 11.8 Å². The number of hydrogen-bond acceptors (Lipinski definition) is 2. The number of ether oxygens (including phenoxy) is 1. The van der Waals surface area contributed by atoms with Crippen molar-refractivity contribution >= 4 is 16.8 Å². The minimum atomic E-state index is 0.233. The first kappa shape index (κ1) is 13.7. The Morgan fingerprint density at radius 1 is 1.32 bits per heavy atom. The summed E-state index contributed by atoms with van der Waals surface area (Å²) in [6, 6.07) is 4.16. The molecular formula is C18H22N2O2. The summed E-state index contributed by atoms with van der Waals surface area (Å²) in [4.78, 5) is 15.3. The molecule has 0 radical (unpaired) electrons. The van der Waals surface area contributed by atoms with E-state index in [1.54, 1.807) is 0 Å². The highest BCUT2D eigenvalue weighted by atomic mass is 16.5. The van der Waals surface area contributed by atoms with Crippen molar-refractivity contribution in [2.45, 2.75) is 38.5 Å². The topological polar surface area (TPSA) is 54.1 Å². The van der Waals surface area contributed by atoms with Gasteiger partial charge in [-0.1, -0.05) is 6.42 Å².